The van der Waals surface area contributed by atoms with Crippen LogP contribution in [-0.2, 0) is 0 Å². The normalized spacial score (nSPS) is 26.0. The number of hydrogen-bond donors (Lipinski definition) is 1. The summed E-state index contributed by atoms with van der Waals surface area (Å²) in [5.41, 5.74) is 0.00771. The quantitative estimate of drug-likeness (QED) is 0.823. The first-order valence-electron chi connectivity index (χ1n) is 6.79. The second-order valence-electron chi connectivity index (χ2n) is 5.75. The van der Waals surface area contributed by atoms with Gasteiger partial charge < -0.3 is 5.32 Å². The average Bonchev–Trinajstić information content (AvgIpc) is 2.27. The van der Waals surface area contributed by atoms with Crippen molar-refractivity contribution in [1.29, 1.82) is 0 Å². The first kappa shape index (κ1) is 15.8. The molecule has 1 aliphatic heterocycles. The predicted octanol–water partition coefficient (Wildman–Crippen LogP) is 3.04. The smallest absolute Gasteiger partial charge is 0.316 e. The lowest BCUT2D eigenvalue weighted by molar-refractivity contribution is -0.153. The molecule has 1 rings (SSSR count). The molecule has 2 nitrogen and oxygen atoms in total. The number of alkyl halides is 3. The Balaban J connectivity index is 2.68. The topological polar surface area (TPSA) is 15.3 Å². The van der Waals surface area contributed by atoms with Crippen molar-refractivity contribution in [3.05, 3.63) is 0 Å². The van der Waals surface area contributed by atoms with E-state index >= 15 is 0 Å². The van der Waals surface area contributed by atoms with Crippen LogP contribution < -0.4 is 5.32 Å². The molecule has 0 spiro atoms. The highest BCUT2D eigenvalue weighted by molar-refractivity contribution is 4.88. The summed E-state index contributed by atoms with van der Waals surface area (Å²) in [5, 5.41) is 3.33. The predicted molar refractivity (Wildman–Crippen MR) is 67.6 cm³/mol. The van der Waals surface area contributed by atoms with Crippen LogP contribution in [0, 0.1) is 5.41 Å². The highest BCUT2D eigenvalue weighted by Gasteiger charge is 2.37. The van der Waals surface area contributed by atoms with Crippen molar-refractivity contribution < 1.29 is 13.2 Å². The van der Waals surface area contributed by atoms with Gasteiger partial charge in [0.05, 0.1) is 6.54 Å². The van der Waals surface area contributed by atoms with Crippen molar-refractivity contribution in [2.24, 2.45) is 5.41 Å². The number of rotatable bonds is 5. The molecule has 0 aromatic rings. The third-order valence-electron chi connectivity index (χ3n) is 3.96. The minimum atomic E-state index is -4.11. The maximum atomic E-state index is 12.6. The maximum absolute atomic E-state index is 12.6. The first-order valence-corrected chi connectivity index (χ1v) is 6.79. The first-order chi connectivity index (χ1) is 8.28. The fourth-order valence-electron chi connectivity index (χ4n) is 2.66. The molecule has 0 saturated carbocycles. The Morgan fingerprint density at radius 2 is 2.00 bits per heavy atom. The van der Waals surface area contributed by atoms with E-state index in [1.54, 1.807) is 4.90 Å². The Morgan fingerprint density at radius 3 is 2.39 bits per heavy atom. The van der Waals surface area contributed by atoms with Crippen molar-refractivity contribution in [3.63, 3.8) is 0 Å². The van der Waals surface area contributed by atoms with Gasteiger partial charge >= 0.3 is 6.18 Å². The molecule has 5 heteroatoms. The highest BCUT2D eigenvalue weighted by Crippen LogP contribution is 2.32. The third-order valence-corrected chi connectivity index (χ3v) is 3.96. The Morgan fingerprint density at radius 1 is 1.33 bits per heavy atom. The van der Waals surface area contributed by atoms with Crippen molar-refractivity contribution in [2.75, 3.05) is 26.2 Å². The summed E-state index contributed by atoms with van der Waals surface area (Å²) >= 11 is 0. The molecule has 1 saturated heterocycles. The molecule has 1 N–H and O–H groups in total. The van der Waals surface area contributed by atoms with Crippen molar-refractivity contribution in [3.8, 4) is 0 Å². The van der Waals surface area contributed by atoms with Gasteiger partial charge in [0.2, 0.25) is 0 Å². The molecule has 1 atom stereocenters. The van der Waals surface area contributed by atoms with E-state index in [4.69, 9.17) is 0 Å². The van der Waals surface area contributed by atoms with Crippen LogP contribution in [0.25, 0.3) is 0 Å². The van der Waals surface area contributed by atoms with Crippen LogP contribution in [0.2, 0.25) is 0 Å². The fourth-order valence-corrected chi connectivity index (χ4v) is 2.66. The lowest BCUT2D eigenvalue weighted by Crippen LogP contribution is -2.51. The van der Waals surface area contributed by atoms with Gasteiger partial charge in [-0.25, -0.2) is 0 Å². The highest BCUT2D eigenvalue weighted by atomic mass is 19.4. The lowest BCUT2D eigenvalue weighted by Gasteiger charge is -2.42. The molecule has 1 fully saturated rings. The van der Waals surface area contributed by atoms with Crippen LogP contribution in [0.4, 0.5) is 13.2 Å². The monoisotopic (exact) mass is 266 g/mol. The van der Waals surface area contributed by atoms with Crippen LogP contribution in [0.3, 0.4) is 0 Å². The van der Waals surface area contributed by atoms with Gasteiger partial charge in [0.1, 0.15) is 0 Å². The molecule has 1 unspecified atom stereocenters. The number of piperidine rings is 1. The number of halogens is 3. The zero-order chi connectivity index (χ0) is 13.8. The zero-order valence-corrected chi connectivity index (χ0v) is 11.6. The molecule has 0 amide bonds. The summed E-state index contributed by atoms with van der Waals surface area (Å²) < 4.78 is 37.8. The van der Waals surface area contributed by atoms with Crippen LogP contribution in [0.5, 0.6) is 0 Å². The Labute approximate surface area is 108 Å². The summed E-state index contributed by atoms with van der Waals surface area (Å²) in [5.74, 6) is 0. The molecule has 0 aromatic heterocycles. The minimum Gasteiger partial charge on any atom is -0.316 e. The number of nitrogens with zero attached hydrogens (tertiary/aromatic N) is 1. The molecule has 0 aliphatic carbocycles. The van der Waals surface area contributed by atoms with Crippen molar-refractivity contribution >= 4 is 0 Å². The Hall–Kier alpha value is -0.290. The second kappa shape index (κ2) is 6.24. The molecule has 18 heavy (non-hydrogen) atoms. The van der Waals surface area contributed by atoms with E-state index < -0.39 is 12.7 Å². The second-order valence-corrected chi connectivity index (χ2v) is 5.75. The van der Waals surface area contributed by atoms with Crippen molar-refractivity contribution in [2.45, 2.75) is 52.3 Å². The molecule has 0 aromatic carbocycles. The molecule has 0 bridgehead atoms. The van der Waals surface area contributed by atoms with E-state index in [0.717, 1.165) is 32.4 Å². The largest absolute Gasteiger partial charge is 0.401 e. The van der Waals surface area contributed by atoms with E-state index in [1.807, 2.05) is 13.8 Å². The summed E-state index contributed by atoms with van der Waals surface area (Å²) in [7, 11) is 0. The van der Waals surface area contributed by atoms with Gasteiger partial charge in [0, 0.05) is 19.1 Å². The van der Waals surface area contributed by atoms with E-state index in [2.05, 4.69) is 12.2 Å². The molecular formula is C13H25F3N2. The van der Waals surface area contributed by atoms with Crippen LogP contribution in [-0.4, -0.2) is 43.3 Å². The minimum absolute atomic E-state index is 0.00771. The molecule has 108 valence electrons. The molecule has 1 heterocycles. The van der Waals surface area contributed by atoms with Crippen molar-refractivity contribution in [1.82, 2.24) is 10.2 Å². The van der Waals surface area contributed by atoms with E-state index in [-0.39, 0.29) is 11.5 Å². The maximum Gasteiger partial charge on any atom is 0.401 e. The van der Waals surface area contributed by atoms with Crippen LogP contribution in [0.1, 0.15) is 40.0 Å². The number of nitrogens with one attached hydrogen (secondary N) is 1. The molecule has 1 aliphatic rings. The SMILES string of the molecule is CCC1(CN(CC(F)(F)F)C(C)C)CCCNC1. The van der Waals surface area contributed by atoms with E-state index in [9.17, 15) is 13.2 Å². The third kappa shape index (κ3) is 4.76. The van der Waals surface area contributed by atoms with E-state index in [1.165, 1.54) is 0 Å². The standard InChI is InChI=1S/C13H25F3N2/c1-4-12(6-5-7-17-8-12)9-18(11(2)3)10-13(14,15)16/h11,17H,4-10H2,1-3H3. The van der Waals surface area contributed by atoms with Crippen LogP contribution in [0.15, 0.2) is 0 Å². The molecule has 0 radical (unpaired) electrons. The zero-order valence-electron chi connectivity index (χ0n) is 11.6. The molecular weight excluding hydrogens is 241 g/mol. The fraction of sp³-hybridized carbons (Fsp3) is 1.00. The average molecular weight is 266 g/mol. The van der Waals surface area contributed by atoms with Gasteiger partial charge in [-0.2, -0.15) is 13.2 Å². The van der Waals surface area contributed by atoms with Gasteiger partial charge in [-0.05, 0) is 45.1 Å². The Kier molecular flexibility index (Phi) is 5.46. The van der Waals surface area contributed by atoms with Gasteiger partial charge in [-0.1, -0.05) is 6.92 Å². The van der Waals surface area contributed by atoms with Crippen LogP contribution >= 0.6 is 0 Å². The summed E-state index contributed by atoms with van der Waals surface area (Å²) in [6, 6.07) is -0.0722. The van der Waals surface area contributed by atoms with Gasteiger partial charge in [-0.15, -0.1) is 0 Å². The Bertz CT molecular complexity index is 245. The van der Waals surface area contributed by atoms with E-state index in [0.29, 0.717) is 6.54 Å². The van der Waals surface area contributed by atoms with Gasteiger partial charge in [0.15, 0.2) is 0 Å². The van der Waals surface area contributed by atoms with Gasteiger partial charge in [0.25, 0.3) is 0 Å². The number of hydrogen-bond acceptors (Lipinski definition) is 2. The summed E-state index contributed by atoms with van der Waals surface area (Å²) in [4.78, 5) is 1.57. The van der Waals surface area contributed by atoms with Gasteiger partial charge in [-0.3, -0.25) is 4.90 Å². The lowest BCUT2D eigenvalue weighted by atomic mass is 9.77. The summed E-state index contributed by atoms with van der Waals surface area (Å²) in [6.07, 6.45) is -1.09. The summed E-state index contributed by atoms with van der Waals surface area (Å²) in [6.45, 7) is 7.32.